The number of benzene rings is 1. The Kier molecular flexibility index (Phi) is 45.3. The van der Waals surface area contributed by atoms with Crippen LogP contribution in [-0.2, 0) is 54.0 Å². The maximum absolute atomic E-state index is 13.2. The van der Waals surface area contributed by atoms with Crippen LogP contribution in [-0.4, -0.2) is 98.8 Å². The van der Waals surface area contributed by atoms with E-state index in [1.54, 1.807) is 12.0 Å². The third kappa shape index (κ3) is 43.9. The van der Waals surface area contributed by atoms with Gasteiger partial charge in [-0.25, -0.2) is 4.79 Å². The minimum Gasteiger partial charge on any atom is -0.490 e. The normalized spacial score (nSPS) is 11.9. The number of ether oxygens (including phenoxy) is 7. The minimum atomic E-state index is -0.863. The first-order valence-electron chi connectivity index (χ1n) is 31.6. The van der Waals surface area contributed by atoms with Gasteiger partial charge in [-0.05, 0) is 84.4 Å². The van der Waals surface area contributed by atoms with E-state index in [4.69, 9.17) is 33.2 Å². The molecule has 0 heterocycles. The van der Waals surface area contributed by atoms with E-state index in [0.29, 0.717) is 38.0 Å². The van der Waals surface area contributed by atoms with E-state index in [2.05, 4.69) is 13.8 Å². The van der Waals surface area contributed by atoms with Crippen LogP contribution < -0.4 is 4.74 Å². The first-order chi connectivity index (χ1) is 37.7. The van der Waals surface area contributed by atoms with E-state index in [-0.39, 0.29) is 63.2 Å². The van der Waals surface area contributed by atoms with Gasteiger partial charge in [-0.1, -0.05) is 206 Å². The number of methoxy groups -OCH3 is 1. The van der Waals surface area contributed by atoms with Crippen LogP contribution in [0.25, 0.3) is 0 Å². The lowest BCUT2D eigenvalue weighted by Crippen LogP contribution is -2.47. The standard InChI is InChI=1S/C65H115NO12/c1-9-11-13-15-17-19-21-23-25-27-29-33-37-41-60(67)74-53-59(54-75-61(68)42-38-34-30-28-26-24-22-20-18-16-14-12-10-2)77-63(70)44-40-36-32-31-35-39-43-62(69)76-58(51-66(55(3)4)64(71)78-65(5,6)7)52-73-57-47-45-56(46-48-57)49-50-72-8/h45-48,55,58-59H,9-44,49-54H2,1-8H3. The zero-order valence-corrected chi connectivity index (χ0v) is 51.1. The largest absolute Gasteiger partial charge is 0.490 e. The molecule has 0 aliphatic heterocycles. The van der Waals surface area contributed by atoms with Crippen LogP contribution in [0.1, 0.15) is 285 Å². The summed E-state index contributed by atoms with van der Waals surface area (Å²) in [6.45, 7) is 14.2. The van der Waals surface area contributed by atoms with Gasteiger partial charge in [0.25, 0.3) is 0 Å². The van der Waals surface area contributed by atoms with Crippen LogP contribution in [0, 0.1) is 0 Å². The third-order valence-corrected chi connectivity index (χ3v) is 14.0. The lowest BCUT2D eigenvalue weighted by atomic mass is 10.0. The Morgan fingerprint density at radius 3 is 1.15 bits per heavy atom. The molecule has 13 heteroatoms. The molecule has 1 atom stereocenters. The molecule has 0 N–H and O–H groups in total. The quantitative estimate of drug-likeness (QED) is 0.0347. The number of amides is 1. The van der Waals surface area contributed by atoms with Gasteiger partial charge in [0.05, 0.1) is 13.2 Å². The van der Waals surface area contributed by atoms with Crippen molar-refractivity contribution in [2.24, 2.45) is 0 Å². The Labute approximate surface area is 475 Å². The monoisotopic (exact) mass is 1100 g/mol. The summed E-state index contributed by atoms with van der Waals surface area (Å²) in [5.41, 5.74) is 0.432. The Morgan fingerprint density at radius 1 is 0.462 bits per heavy atom. The van der Waals surface area contributed by atoms with Gasteiger partial charge >= 0.3 is 30.0 Å². The summed E-state index contributed by atoms with van der Waals surface area (Å²) in [4.78, 5) is 66.4. The number of carbonyl (C=O) groups excluding carboxylic acids is 5. The molecule has 452 valence electrons. The lowest BCUT2D eigenvalue weighted by molar-refractivity contribution is -0.167. The fourth-order valence-electron chi connectivity index (χ4n) is 9.26. The van der Waals surface area contributed by atoms with Gasteiger partial charge in [0.1, 0.15) is 31.2 Å². The van der Waals surface area contributed by atoms with Gasteiger partial charge in [-0.3, -0.25) is 19.2 Å². The topological polar surface area (TPSA) is 153 Å². The van der Waals surface area contributed by atoms with E-state index in [9.17, 15) is 24.0 Å². The van der Waals surface area contributed by atoms with Crippen molar-refractivity contribution in [2.75, 3.05) is 40.1 Å². The zero-order valence-electron chi connectivity index (χ0n) is 51.1. The van der Waals surface area contributed by atoms with E-state index in [1.165, 1.54) is 128 Å². The molecule has 0 bridgehead atoms. The molecule has 13 nitrogen and oxygen atoms in total. The van der Waals surface area contributed by atoms with Crippen molar-refractivity contribution in [1.82, 2.24) is 4.90 Å². The zero-order chi connectivity index (χ0) is 57.3. The second-order valence-corrected chi connectivity index (χ2v) is 23.1. The van der Waals surface area contributed by atoms with Crippen molar-refractivity contribution >= 4 is 30.0 Å². The number of hydrogen-bond acceptors (Lipinski definition) is 12. The van der Waals surface area contributed by atoms with Crippen LogP contribution in [0.5, 0.6) is 5.75 Å². The molecule has 0 spiro atoms. The maximum Gasteiger partial charge on any atom is 0.410 e. The second-order valence-electron chi connectivity index (χ2n) is 23.1. The maximum atomic E-state index is 13.2. The van der Waals surface area contributed by atoms with E-state index in [1.807, 2.05) is 58.9 Å². The molecule has 0 saturated heterocycles. The molecule has 1 rings (SSSR count). The number of carbonyl (C=O) groups is 5. The Bertz CT molecular complexity index is 1580. The average Bonchev–Trinajstić information content (AvgIpc) is 3.40. The predicted molar refractivity (Wildman–Crippen MR) is 315 cm³/mol. The summed E-state index contributed by atoms with van der Waals surface area (Å²) in [6.07, 6.45) is 36.2. The smallest absolute Gasteiger partial charge is 0.410 e. The van der Waals surface area contributed by atoms with Crippen molar-refractivity contribution in [1.29, 1.82) is 0 Å². The van der Waals surface area contributed by atoms with Crippen molar-refractivity contribution in [3.63, 3.8) is 0 Å². The SMILES string of the molecule is CCCCCCCCCCCCCCCC(=O)OCC(COC(=O)CCCCCCCCCCCCCCC)OC(=O)CCCCCCCCC(=O)OC(COc1ccc(CCOC)cc1)CN(C(=O)OC(C)(C)C)C(C)C. The molecule has 1 aromatic rings. The number of unbranched alkanes of at least 4 members (excludes halogenated alkanes) is 29. The average molecular weight is 1100 g/mol. The summed E-state index contributed by atoms with van der Waals surface area (Å²) >= 11 is 0. The molecule has 0 aliphatic carbocycles. The van der Waals surface area contributed by atoms with Crippen molar-refractivity contribution < 1.29 is 57.1 Å². The molecule has 0 aliphatic rings. The van der Waals surface area contributed by atoms with Crippen molar-refractivity contribution in [3.8, 4) is 5.75 Å². The summed E-state index contributed by atoms with van der Waals surface area (Å²) in [6, 6.07) is 7.50. The second kappa shape index (κ2) is 49.0. The van der Waals surface area contributed by atoms with Crippen LogP contribution in [0.15, 0.2) is 24.3 Å². The fraction of sp³-hybridized carbons (Fsp3) is 0.831. The molecule has 1 amide bonds. The highest BCUT2D eigenvalue weighted by Crippen LogP contribution is 2.20. The summed E-state index contributed by atoms with van der Waals surface area (Å²) in [7, 11) is 1.67. The molecular formula is C65H115NO12. The Morgan fingerprint density at radius 2 is 0.808 bits per heavy atom. The molecule has 78 heavy (non-hydrogen) atoms. The van der Waals surface area contributed by atoms with E-state index < -0.39 is 29.9 Å². The van der Waals surface area contributed by atoms with Crippen molar-refractivity contribution in [2.45, 2.75) is 310 Å². The van der Waals surface area contributed by atoms with Gasteiger partial charge in [-0.2, -0.15) is 0 Å². The fourth-order valence-corrected chi connectivity index (χ4v) is 9.26. The molecule has 0 fully saturated rings. The number of nitrogens with zero attached hydrogens (tertiary/aromatic N) is 1. The van der Waals surface area contributed by atoms with Gasteiger partial charge < -0.3 is 38.1 Å². The Balaban J connectivity index is 2.57. The number of rotatable bonds is 52. The third-order valence-electron chi connectivity index (χ3n) is 14.0. The van der Waals surface area contributed by atoms with Crippen LogP contribution in [0.3, 0.4) is 0 Å². The molecule has 0 saturated carbocycles. The highest BCUT2D eigenvalue weighted by atomic mass is 16.6. The highest BCUT2D eigenvalue weighted by Gasteiger charge is 2.29. The lowest BCUT2D eigenvalue weighted by Gasteiger charge is -2.32. The molecular weight excluding hydrogens is 987 g/mol. The molecule has 1 unspecified atom stereocenters. The minimum absolute atomic E-state index is 0.0632. The van der Waals surface area contributed by atoms with E-state index >= 15 is 0 Å². The summed E-state index contributed by atoms with van der Waals surface area (Å²) in [5.74, 6) is -0.800. The number of esters is 4. The molecule has 0 aromatic heterocycles. The van der Waals surface area contributed by atoms with E-state index in [0.717, 1.165) is 76.2 Å². The van der Waals surface area contributed by atoms with Crippen LogP contribution in [0.2, 0.25) is 0 Å². The highest BCUT2D eigenvalue weighted by molar-refractivity contribution is 5.71. The van der Waals surface area contributed by atoms with Gasteiger partial charge in [0.15, 0.2) is 12.2 Å². The van der Waals surface area contributed by atoms with Crippen molar-refractivity contribution in [3.05, 3.63) is 29.8 Å². The number of hydrogen-bond donors (Lipinski definition) is 0. The first kappa shape index (κ1) is 72.1. The van der Waals surface area contributed by atoms with Gasteiger partial charge in [-0.15, -0.1) is 0 Å². The molecule has 1 aromatic carbocycles. The summed E-state index contributed by atoms with van der Waals surface area (Å²) in [5, 5.41) is 0. The van der Waals surface area contributed by atoms with Crippen LogP contribution in [0.4, 0.5) is 4.79 Å². The molecule has 0 radical (unpaired) electrons. The predicted octanol–water partition coefficient (Wildman–Crippen LogP) is 16.9. The summed E-state index contributed by atoms with van der Waals surface area (Å²) < 4.78 is 39.8. The van der Waals surface area contributed by atoms with Crippen LogP contribution >= 0.6 is 0 Å². The first-order valence-corrected chi connectivity index (χ1v) is 31.6. The van der Waals surface area contributed by atoms with Gasteiger partial charge in [0.2, 0.25) is 0 Å². The van der Waals surface area contributed by atoms with Gasteiger partial charge in [0, 0.05) is 38.8 Å². The Hall–Kier alpha value is -3.87.